The lowest BCUT2D eigenvalue weighted by atomic mass is 9.96. The maximum atomic E-state index is 13.0. The molecule has 3 heteroatoms. The fourth-order valence-electron chi connectivity index (χ4n) is 2.78. The standard InChI is InChI=1S/C19H20FNO/c20-17-9-7-16(8-10-17)19(12-13-19)14-21-18(22)11-6-15-4-2-1-3-5-15/h1-5,7-10H,6,11-14H2,(H,21,22). The highest BCUT2D eigenvalue weighted by Gasteiger charge is 2.44. The van der Waals surface area contributed by atoms with Crippen molar-refractivity contribution in [2.24, 2.45) is 0 Å². The number of nitrogens with one attached hydrogen (secondary N) is 1. The van der Waals surface area contributed by atoms with E-state index in [1.165, 1.54) is 17.7 Å². The van der Waals surface area contributed by atoms with Crippen molar-refractivity contribution < 1.29 is 9.18 Å². The van der Waals surface area contributed by atoms with Gasteiger partial charge in [-0.2, -0.15) is 0 Å². The Morgan fingerprint density at radius 2 is 1.73 bits per heavy atom. The Morgan fingerprint density at radius 3 is 2.36 bits per heavy atom. The summed E-state index contributed by atoms with van der Waals surface area (Å²) in [6.07, 6.45) is 3.37. The van der Waals surface area contributed by atoms with Crippen LogP contribution in [0.2, 0.25) is 0 Å². The minimum Gasteiger partial charge on any atom is -0.355 e. The molecule has 114 valence electrons. The number of hydrogen-bond donors (Lipinski definition) is 1. The summed E-state index contributed by atoms with van der Waals surface area (Å²) in [5.41, 5.74) is 2.32. The molecule has 3 rings (SSSR count). The van der Waals surface area contributed by atoms with E-state index in [1.54, 1.807) is 0 Å². The van der Waals surface area contributed by atoms with Crippen molar-refractivity contribution in [3.63, 3.8) is 0 Å². The van der Waals surface area contributed by atoms with Crippen molar-refractivity contribution in [3.05, 3.63) is 71.5 Å². The van der Waals surface area contributed by atoms with E-state index < -0.39 is 0 Å². The second-order valence-corrected chi connectivity index (χ2v) is 6.05. The van der Waals surface area contributed by atoms with Crippen LogP contribution in [-0.4, -0.2) is 12.5 Å². The van der Waals surface area contributed by atoms with E-state index in [1.807, 2.05) is 42.5 Å². The molecule has 1 aliphatic carbocycles. The molecule has 2 aromatic rings. The molecule has 0 unspecified atom stereocenters. The van der Waals surface area contributed by atoms with E-state index in [0.29, 0.717) is 13.0 Å². The Labute approximate surface area is 130 Å². The highest BCUT2D eigenvalue weighted by atomic mass is 19.1. The minimum atomic E-state index is -0.216. The maximum absolute atomic E-state index is 13.0. The van der Waals surface area contributed by atoms with E-state index in [9.17, 15) is 9.18 Å². The maximum Gasteiger partial charge on any atom is 0.220 e. The second kappa shape index (κ2) is 6.30. The first-order valence-corrected chi connectivity index (χ1v) is 7.75. The summed E-state index contributed by atoms with van der Waals surface area (Å²) in [6.45, 7) is 0.645. The van der Waals surface area contributed by atoms with Crippen molar-refractivity contribution in [1.29, 1.82) is 0 Å². The first-order valence-electron chi connectivity index (χ1n) is 7.75. The summed E-state index contributed by atoms with van der Waals surface area (Å²) in [7, 11) is 0. The van der Waals surface area contributed by atoms with Crippen LogP contribution >= 0.6 is 0 Å². The highest BCUT2D eigenvalue weighted by Crippen LogP contribution is 2.47. The van der Waals surface area contributed by atoms with Crippen molar-refractivity contribution in [2.75, 3.05) is 6.54 Å². The van der Waals surface area contributed by atoms with Crippen LogP contribution in [0.25, 0.3) is 0 Å². The Kier molecular flexibility index (Phi) is 4.23. The fourth-order valence-corrected chi connectivity index (χ4v) is 2.78. The Morgan fingerprint density at radius 1 is 1.05 bits per heavy atom. The van der Waals surface area contributed by atoms with E-state index in [0.717, 1.165) is 24.8 Å². The van der Waals surface area contributed by atoms with Gasteiger partial charge in [0.2, 0.25) is 5.91 Å². The number of aryl methyl sites for hydroxylation is 1. The van der Waals surface area contributed by atoms with Crippen LogP contribution in [0, 0.1) is 5.82 Å². The van der Waals surface area contributed by atoms with Crippen molar-refractivity contribution in [2.45, 2.75) is 31.1 Å². The first-order chi connectivity index (χ1) is 10.7. The van der Waals surface area contributed by atoms with Gasteiger partial charge in [0.25, 0.3) is 0 Å². The molecule has 1 amide bonds. The van der Waals surface area contributed by atoms with Crippen LogP contribution in [0.5, 0.6) is 0 Å². The van der Waals surface area contributed by atoms with Crippen molar-refractivity contribution in [3.8, 4) is 0 Å². The summed E-state index contributed by atoms with van der Waals surface area (Å²) in [5.74, 6) is -0.135. The summed E-state index contributed by atoms with van der Waals surface area (Å²) < 4.78 is 13.0. The molecule has 0 aliphatic heterocycles. The van der Waals surface area contributed by atoms with Gasteiger partial charge < -0.3 is 5.32 Å². The molecule has 0 atom stereocenters. The van der Waals surface area contributed by atoms with E-state index in [2.05, 4.69) is 5.32 Å². The molecule has 0 bridgehead atoms. The fraction of sp³-hybridized carbons (Fsp3) is 0.316. The number of amides is 1. The van der Waals surface area contributed by atoms with Crippen molar-refractivity contribution >= 4 is 5.91 Å². The third-order valence-corrected chi connectivity index (χ3v) is 4.42. The van der Waals surface area contributed by atoms with Gasteiger partial charge in [0.15, 0.2) is 0 Å². The van der Waals surface area contributed by atoms with Gasteiger partial charge in [-0.25, -0.2) is 4.39 Å². The minimum absolute atomic E-state index is 0.0239. The van der Waals surface area contributed by atoms with Gasteiger partial charge in [0.05, 0.1) is 0 Å². The average molecular weight is 297 g/mol. The SMILES string of the molecule is O=C(CCc1ccccc1)NCC1(c2ccc(F)cc2)CC1. The number of benzene rings is 2. The van der Waals surface area contributed by atoms with Crippen LogP contribution in [0.15, 0.2) is 54.6 Å². The normalized spacial score (nSPS) is 15.3. The van der Waals surface area contributed by atoms with Gasteiger partial charge in [0, 0.05) is 18.4 Å². The zero-order chi connectivity index (χ0) is 15.4. The van der Waals surface area contributed by atoms with Gasteiger partial charge in [-0.05, 0) is 42.5 Å². The van der Waals surface area contributed by atoms with Crippen LogP contribution in [0.1, 0.15) is 30.4 Å². The van der Waals surface area contributed by atoms with Gasteiger partial charge in [-0.1, -0.05) is 42.5 Å². The predicted molar refractivity (Wildman–Crippen MR) is 85.1 cm³/mol. The highest BCUT2D eigenvalue weighted by molar-refractivity contribution is 5.76. The summed E-state index contributed by atoms with van der Waals surface area (Å²) in [4.78, 5) is 12.0. The van der Waals surface area contributed by atoms with Crippen LogP contribution < -0.4 is 5.32 Å². The van der Waals surface area contributed by atoms with Crippen LogP contribution in [0.4, 0.5) is 4.39 Å². The van der Waals surface area contributed by atoms with Gasteiger partial charge in [-0.15, -0.1) is 0 Å². The molecule has 0 spiro atoms. The summed E-state index contributed by atoms with van der Waals surface area (Å²) in [5, 5.41) is 3.04. The molecular weight excluding hydrogens is 277 g/mol. The number of carbonyl (C=O) groups excluding carboxylic acids is 1. The summed E-state index contributed by atoms with van der Waals surface area (Å²) >= 11 is 0. The van der Waals surface area contributed by atoms with Crippen LogP contribution in [-0.2, 0) is 16.6 Å². The first kappa shape index (κ1) is 14.8. The lowest BCUT2D eigenvalue weighted by molar-refractivity contribution is -0.121. The smallest absolute Gasteiger partial charge is 0.220 e. The molecule has 0 heterocycles. The second-order valence-electron chi connectivity index (χ2n) is 6.05. The lowest BCUT2D eigenvalue weighted by Crippen LogP contribution is -2.32. The third kappa shape index (κ3) is 3.53. The number of rotatable bonds is 6. The Bertz CT molecular complexity index is 632. The predicted octanol–water partition coefficient (Wildman–Crippen LogP) is 3.61. The molecular formula is C19H20FNO. The largest absolute Gasteiger partial charge is 0.355 e. The van der Waals surface area contributed by atoms with Crippen LogP contribution in [0.3, 0.4) is 0 Å². The molecule has 1 saturated carbocycles. The number of carbonyl (C=O) groups is 1. The third-order valence-electron chi connectivity index (χ3n) is 4.42. The van der Waals surface area contributed by atoms with E-state index in [4.69, 9.17) is 0 Å². The van der Waals surface area contributed by atoms with Gasteiger partial charge >= 0.3 is 0 Å². The van der Waals surface area contributed by atoms with Gasteiger partial charge in [0.1, 0.15) is 5.82 Å². The quantitative estimate of drug-likeness (QED) is 0.867. The summed E-state index contributed by atoms with van der Waals surface area (Å²) in [6, 6.07) is 16.7. The molecule has 2 aromatic carbocycles. The molecule has 0 aromatic heterocycles. The molecule has 1 fully saturated rings. The molecule has 2 nitrogen and oxygen atoms in total. The monoisotopic (exact) mass is 297 g/mol. The Hall–Kier alpha value is -2.16. The van der Waals surface area contributed by atoms with E-state index in [-0.39, 0.29) is 17.1 Å². The molecule has 0 saturated heterocycles. The van der Waals surface area contributed by atoms with E-state index >= 15 is 0 Å². The van der Waals surface area contributed by atoms with Gasteiger partial charge in [-0.3, -0.25) is 4.79 Å². The topological polar surface area (TPSA) is 29.1 Å². The average Bonchev–Trinajstić information content (AvgIpc) is 3.34. The Balaban J connectivity index is 1.49. The molecule has 1 aliphatic rings. The number of halogens is 1. The molecule has 1 N–H and O–H groups in total. The number of hydrogen-bond acceptors (Lipinski definition) is 1. The lowest BCUT2D eigenvalue weighted by Gasteiger charge is -2.16. The zero-order valence-corrected chi connectivity index (χ0v) is 12.5. The molecule has 22 heavy (non-hydrogen) atoms. The zero-order valence-electron chi connectivity index (χ0n) is 12.5. The molecule has 0 radical (unpaired) electrons. The van der Waals surface area contributed by atoms with Crippen molar-refractivity contribution in [1.82, 2.24) is 5.32 Å².